The molecule has 1 aromatic heterocycles. The predicted octanol–water partition coefficient (Wildman–Crippen LogP) is 3.31. The number of rotatable bonds is 4. The molecule has 1 N–H and O–H groups in total. The molecule has 6 heteroatoms. The summed E-state index contributed by atoms with van der Waals surface area (Å²) in [5, 5.41) is 2.95. The lowest BCUT2D eigenvalue weighted by molar-refractivity contribution is -0.132. The number of benzene rings is 1. The van der Waals surface area contributed by atoms with Gasteiger partial charge in [0.25, 0.3) is 5.91 Å². The molecule has 0 saturated carbocycles. The van der Waals surface area contributed by atoms with Crippen molar-refractivity contribution in [2.24, 2.45) is 5.41 Å². The fraction of sp³-hybridized carbons (Fsp3) is 0.400. The summed E-state index contributed by atoms with van der Waals surface area (Å²) >= 11 is 1.68. The van der Waals surface area contributed by atoms with Crippen LogP contribution in [-0.2, 0) is 10.5 Å². The molecule has 2 saturated heterocycles. The van der Waals surface area contributed by atoms with Gasteiger partial charge in [0, 0.05) is 24.5 Å². The number of hydrogen-bond acceptors (Lipinski definition) is 4. The maximum absolute atomic E-state index is 12.8. The molecule has 0 unspecified atom stereocenters. The molecule has 0 aliphatic carbocycles. The third kappa shape index (κ3) is 3.38. The van der Waals surface area contributed by atoms with Crippen LogP contribution in [0.5, 0.6) is 0 Å². The van der Waals surface area contributed by atoms with Gasteiger partial charge in [-0.25, -0.2) is 0 Å². The van der Waals surface area contributed by atoms with Crippen LogP contribution in [0, 0.1) is 5.41 Å². The van der Waals surface area contributed by atoms with E-state index in [1.807, 2.05) is 24.3 Å². The largest absolute Gasteiger partial charge is 0.455 e. The van der Waals surface area contributed by atoms with E-state index in [9.17, 15) is 9.59 Å². The Morgan fingerprint density at radius 1 is 1.19 bits per heavy atom. The van der Waals surface area contributed by atoms with E-state index < -0.39 is 5.41 Å². The molecule has 1 atom stereocenters. The second-order valence-electron chi connectivity index (χ2n) is 6.98. The predicted molar refractivity (Wildman–Crippen MR) is 99.9 cm³/mol. The number of nitrogens with zero attached hydrogens (tertiary/aromatic N) is 1. The molecular weight excluding hydrogens is 348 g/mol. The number of likely N-dealkylation sites (tertiary alicyclic amines) is 1. The van der Waals surface area contributed by atoms with Crippen LogP contribution < -0.4 is 5.32 Å². The minimum atomic E-state index is -0.396. The van der Waals surface area contributed by atoms with E-state index in [1.54, 1.807) is 22.7 Å². The normalized spacial score (nSPS) is 22.6. The van der Waals surface area contributed by atoms with Crippen molar-refractivity contribution in [3.05, 3.63) is 54.0 Å². The van der Waals surface area contributed by atoms with Crippen molar-refractivity contribution in [2.75, 3.05) is 19.6 Å². The molecular formula is C20H22N2O3S. The van der Waals surface area contributed by atoms with E-state index in [-0.39, 0.29) is 11.8 Å². The molecule has 1 aromatic carbocycles. The summed E-state index contributed by atoms with van der Waals surface area (Å²) in [6.45, 7) is 1.85. The first-order valence-corrected chi connectivity index (χ1v) is 9.99. The molecule has 2 aliphatic rings. The number of furan rings is 1. The van der Waals surface area contributed by atoms with Gasteiger partial charge in [-0.1, -0.05) is 18.2 Å². The Morgan fingerprint density at radius 3 is 2.85 bits per heavy atom. The number of thioether (sulfide) groups is 1. The van der Waals surface area contributed by atoms with Gasteiger partial charge >= 0.3 is 0 Å². The van der Waals surface area contributed by atoms with Crippen LogP contribution in [0.2, 0.25) is 0 Å². The summed E-state index contributed by atoms with van der Waals surface area (Å²) < 4.78 is 5.77. The zero-order valence-corrected chi connectivity index (χ0v) is 15.4. The number of hydrogen-bond donors (Lipinski definition) is 1. The number of piperidine rings is 1. The Balaban J connectivity index is 1.38. The van der Waals surface area contributed by atoms with E-state index in [2.05, 4.69) is 17.4 Å². The summed E-state index contributed by atoms with van der Waals surface area (Å²) in [5.74, 6) is 1.81. The van der Waals surface area contributed by atoms with Crippen LogP contribution in [0.15, 0.2) is 51.8 Å². The van der Waals surface area contributed by atoms with Gasteiger partial charge in [-0.3, -0.25) is 9.59 Å². The highest BCUT2D eigenvalue weighted by atomic mass is 32.2. The van der Waals surface area contributed by atoms with Gasteiger partial charge in [0.2, 0.25) is 5.91 Å². The topological polar surface area (TPSA) is 62.6 Å². The number of amides is 2. The lowest BCUT2D eigenvalue weighted by atomic mass is 9.79. The zero-order chi connectivity index (χ0) is 18.0. The third-order valence-corrected chi connectivity index (χ3v) is 6.27. The average Bonchev–Trinajstić information content (AvgIpc) is 3.31. The van der Waals surface area contributed by atoms with Crippen molar-refractivity contribution in [2.45, 2.75) is 29.9 Å². The number of nitrogens with one attached hydrogen (secondary N) is 1. The summed E-state index contributed by atoms with van der Waals surface area (Å²) in [6, 6.07) is 13.7. The minimum Gasteiger partial charge on any atom is -0.455 e. The van der Waals surface area contributed by atoms with Crippen molar-refractivity contribution >= 4 is 23.6 Å². The van der Waals surface area contributed by atoms with Crippen molar-refractivity contribution in [1.82, 2.24) is 10.2 Å². The Morgan fingerprint density at radius 2 is 2.04 bits per heavy atom. The smallest absolute Gasteiger partial charge is 0.289 e. The molecule has 1 spiro atoms. The lowest BCUT2D eigenvalue weighted by Gasteiger charge is -2.31. The molecule has 136 valence electrons. The number of carbonyl (C=O) groups is 2. The average molecular weight is 370 g/mol. The molecule has 26 heavy (non-hydrogen) atoms. The highest BCUT2D eigenvalue weighted by Gasteiger charge is 2.47. The highest BCUT2D eigenvalue weighted by molar-refractivity contribution is 7.98. The van der Waals surface area contributed by atoms with E-state index in [0.29, 0.717) is 24.6 Å². The summed E-state index contributed by atoms with van der Waals surface area (Å²) in [6.07, 6.45) is 2.58. The fourth-order valence-corrected chi connectivity index (χ4v) is 4.58. The van der Waals surface area contributed by atoms with Gasteiger partial charge in [-0.05, 0) is 43.5 Å². The van der Waals surface area contributed by atoms with Crippen molar-refractivity contribution in [3.63, 3.8) is 0 Å². The summed E-state index contributed by atoms with van der Waals surface area (Å²) in [7, 11) is 0. The summed E-state index contributed by atoms with van der Waals surface area (Å²) in [5.41, 5.74) is -0.396. The van der Waals surface area contributed by atoms with Gasteiger partial charge in [0.15, 0.2) is 5.76 Å². The van der Waals surface area contributed by atoms with Crippen LogP contribution in [0.3, 0.4) is 0 Å². The maximum atomic E-state index is 12.8. The second kappa shape index (κ2) is 7.19. The lowest BCUT2D eigenvalue weighted by Crippen LogP contribution is -2.47. The zero-order valence-electron chi connectivity index (χ0n) is 14.6. The van der Waals surface area contributed by atoms with E-state index in [4.69, 9.17) is 4.42 Å². The minimum absolute atomic E-state index is 0.0958. The first-order valence-electron chi connectivity index (χ1n) is 9.00. The van der Waals surface area contributed by atoms with Crippen LogP contribution >= 0.6 is 11.8 Å². The van der Waals surface area contributed by atoms with Crippen molar-refractivity contribution in [1.29, 1.82) is 0 Å². The molecule has 2 fully saturated rings. The Labute approximate surface area is 157 Å². The first kappa shape index (κ1) is 17.2. The first-order chi connectivity index (χ1) is 12.7. The maximum Gasteiger partial charge on any atom is 0.289 e. The standard InChI is InChI=1S/C20H22N2O3S/c23-18(22-12-10-20(14-22)9-4-11-21-19(20)24)17-8-7-15(25-17)13-26-16-5-2-1-3-6-16/h1-3,5-8H,4,9-14H2,(H,21,24)/t20-/m1/s1. The Kier molecular flexibility index (Phi) is 4.76. The van der Waals surface area contributed by atoms with E-state index >= 15 is 0 Å². The SMILES string of the molecule is O=C(c1ccc(CSc2ccccc2)o1)N1CC[C@]2(CCCNC2=O)C1. The molecule has 0 radical (unpaired) electrons. The second-order valence-corrected chi connectivity index (χ2v) is 8.03. The highest BCUT2D eigenvalue weighted by Crippen LogP contribution is 2.38. The quantitative estimate of drug-likeness (QED) is 0.839. The van der Waals surface area contributed by atoms with Gasteiger partial charge in [0.05, 0.1) is 11.2 Å². The Bertz CT molecular complexity index is 804. The fourth-order valence-electron chi connectivity index (χ4n) is 3.76. The van der Waals surface area contributed by atoms with Gasteiger partial charge in [-0.2, -0.15) is 0 Å². The van der Waals surface area contributed by atoms with Crippen LogP contribution in [0.25, 0.3) is 0 Å². The van der Waals surface area contributed by atoms with Gasteiger partial charge in [0.1, 0.15) is 5.76 Å². The van der Waals surface area contributed by atoms with Crippen LogP contribution in [0.4, 0.5) is 0 Å². The van der Waals surface area contributed by atoms with Crippen molar-refractivity contribution < 1.29 is 14.0 Å². The molecule has 0 bridgehead atoms. The summed E-state index contributed by atoms with van der Waals surface area (Å²) in [4.78, 5) is 28.0. The molecule has 2 aliphatic heterocycles. The molecule has 2 amide bonds. The molecule has 4 rings (SSSR count). The van der Waals surface area contributed by atoms with E-state index in [0.717, 1.165) is 31.6 Å². The number of carbonyl (C=O) groups excluding carboxylic acids is 2. The monoisotopic (exact) mass is 370 g/mol. The Hall–Kier alpha value is -2.21. The molecule has 2 aromatic rings. The van der Waals surface area contributed by atoms with E-state index in [1.165, 1.54) is 4.90 Å². The van der Waals surface area contributed by atoms with Crippen LogP contribution in [0.1, 0.15) is 35.6 Å². The van der Waals surface area contributed by atoms with Crippen LogP contribution in [-0.4, -0.2) is 36.3 Å². The molecule has 3 heterocycles. The van der Waals surface area contributed by atoms with Gasteiger partial charge in [-0.15, -0.1) is 11.8 Å². The van der Waals surface area contributed by atoms with Gasteiger partial charge < -0.3 is 14.6 Å². The third-order valence-electron chi connectivity index (χ3n) is 5.24. The molecule has 5 nitrogen and oxygen atoms in total. The van der Waals surface area contributed by atoms with Crippen molar-refractivity contribution in [3.8, 4) is 0 Å².